The second kappa shape index (κ2) is 11.5. The number of nitrogens with one attached hydrogen (secondary N) is 1. The van der Waals surface area contributed by atoms with Crippen molar-refractivity contribution in [1.82, 2.24) is 4.90 Å². The molecule has 0 unspecified atom stereocenters. The first-order chi connectivity index (χ1) is 18.1. The van der Waals surface area contributed by atoms with Crippen LogP contribution in [0.2, 0.25) is 5.02 Å². The Bertz CT molecular complexity index is 1360. The van der Waals surface area contributed by atoms with Crippen molar-refractivity contribution in [1.29, 1.82) is 0 Å². The van der Waals surface area contributed by atoms with Gasteiger partial charge in [0.1, 0.15) is 18.2 Å². The maximum atomic E-state index is 14.7. The Labute approximate surface area is 221 Å². The van der Waals surface area contributed by atoms with E-state index in [1.807, 2.05) is 83.8 Å². The molecule has 1 N–H and O–H groups in total. The van der Waals surface area contributed by atoms with Crippen molar-refractivity contribution in [3.05, 3.63) is 130 Å². The number of carbonyl (C=O) groups excluding carboxylic acids is 1. The number of amides is 1. The van der Waals surface area contributed by atoms with E-state index in [0.29, 0.717) is 26.1 Å². The van der Waals surface area contributed by atoms with Gasteiger partial charge in [-0.3, -0.25) is 4.79 Å². The van der Waals surface area contributed by atoms with E-state index >= 15 is 0 Å². The third-order valence-electron chi connectivity index (χ3n) is 6.70. The number of fused-ring (bicyclic) bond motifs is 2. The van der Waals surface area contributed by atoms with E-state index < -0.39 is 5.82 Å². The SMILES string of the molecule is O=C(Cc1c(F)cccc1Cl)N1Cc2ccccc2NCc2ccccc2OC[C@@H]1Cc1ccccc1. The Hall–Kier alpha value is -3.83. The minimum absolute atomic E-state index is 0.136. The molecule has 1 aliphatic heterocycles. The van der Waals surface area contributed by atoms with Gasteiger partial charge in [-0.15, -0.1) is 0 Å². The zero-order valence-electron chi connectivity index (χ0n) is 20.4. The number of benzene rings is 4. The molecule has 0 spiro atoms. The molecular formula is C31H28ClFN2O2. The molecule has 6 heteroatoms. The number of ether oxygens (including phenoxy) is 1. The fourth-order valence-corrected chi connectivity index (χ4v) is 4.93. The van der Waals surface area contributed by atoms with E-state index in [1.54, 1.807) is 12.1 Å². The van der Waals surface area contributed by atoms with Crippen molar-refractivity contribution >= 4 is 23.2 Å². The van der Waals surface area contributed by atoms with Crippen LogP contribution in [0, 0.1) is 5.82 Å². The van der Waals surface area contributed by atoms with Gasteiger partial charge >= 0.3 is 0 Å². The number of para-hydroxylation sites is 2. The number of halogens is 2. The van der Waals surface area contributed by atoms with Gasteiger partial charge in [0.2, 0.25) is 5.91 Å². The third-order valence-corrected chi connectivity index (χ3v) is 7.05. The standard InChI is InChI=1S/C31H28ClFN2O2/c32-27-13-8-14-28(33)26(27)18-31(36)35-20-24-12-4-6-15-29(24)34-19-23-11-5-7-16-30(23)37-21-25(35)17-22-9-2-1-3-10-22/h1-16,25,34H,17-21H2/t25-/m0/s1. The fraction of sp³-hybridized carbons (Fsp3) is 0.194. The van der Waals surface area contributed by atoms with E-state index in [9.17, 15) is 9.18 Å². The smallest absolute Gasteiger partial charge is 0.227 e. The summed E-state index contributed by atoms with van der Waals surface area (Å²) < 4.78 is 21.0. The Morgan fingerprint density at radius 3 is 2.46 bits per heavy atom. The molecule has 0 aromatic heterocycles. The number of hydrogen-bond donors (Lipinski definition) is 1. The first-order valence-electron chi connectivity index (χ1n) is 12.4. The average molecular weight is 515 g/mol. The van der Waals surface area contributed by atoms with Gasteiger partial charge in [0.25, 0.3) is 0 Å². The highest BCUT2D eigenvalue weighted by Gasteiger charge is 2.28. The van der Waals surface area contributed by atoms with Gasteiger partial charge in [0.05, 0.1) is 12.5 Å². The van der Waals surface area contributed by atoms with E-state index in [1.165, 1.54) is 6.07 Å². The molecule has 0 saturated heterocycles. The van der Waals surface area contributed by atoms with Crippen LogP contribution in [0.15, 0.2) is 97.1 Å². The number of nitrogens with zero attached hydrogens (tertiary/aromatic N) is 1. The molecule has 37 heavy (non-hydrogen) atoms. The lowest BCUT2D eigenvalue weighted by Crippen LogP contribution is -2.45. The summed E-state index contributed by atoms with van der Waals surface area (Å²) in [6.45, 7) is 1.24. The molecule has 4 nitrogen and oxygen atoms in total. The monoisotopic (exact) mass is 514 g/mol. The minimum atomic E-state index is -0.481. The molecule has 0 aliphatic carbocycles. The fourth-order valence-electron chi connectivity index (χ4n) is 4.70. The highest BCUT2D eigenvalue weighted by molar-refractivity contribution is 6.31. The van der Waals surface area contributed by atoms with Crippen molar-refractivity contribution in [3.8, 4) is 5.75 Å². The molecule has 1 heterocycles. The van der Waals surface area contributed by atoms with Gasteiger partial charge in [-0.05, 0) is 41.8 Å². The van der Waals surface area contributed by atoms with Crippen LogP contribution in [0.1, 0.15) is 22.3 Å². The molecule has 188 valence electrons. The highest BCUT2D eigenvalue weighted by Crippen LogP contribution is 2.27. The average Bonchev–Trinajstić information content (AvgIpc) is 2.94. The van der Waals surface area contributed by atoms with E-state index in [-0.39, 0.29) is 29.0 Å². The van der Waals surface area contributed by atoms with Crippen LogP contribution in [0.5, 0.6) is 5.75 Å². The number of anilines is 1. The quantitative estimate of drug-likeness (QED) is 0.331. The third kappa shape index (κ3) is 5.95. The van der Waals surface area contributed by atoms with Gasteiger partial charge in [-0.2, -0.15) is 0 Å². The molecule has 5 rings (SSSR count). The summed E-state index contributed by atoms with van der Waals surface area (Å²) in [6, 6.07) is 30.1. The molecule has 0 bridgehead atoms. The van der Waals surface area contributed by atoms with E-state index in [2.05, 4.69) is 5.32 Å². The summed E-state index contributed by atoms with van der Waals surface area (Å²) in [7, 11) is 0. The van der Waals surface area contributed by atoms with Crippen LogP contribution in [0.25, 0.3) is 0 Å². The highest BCUT2D eigenvalue weighted by atomic mass is 35.5. The van der Waals surface area contributed by atoms with Crippen molar-refractivity contribution in [3.63, 3.8) is 0 Å². The Kier molecular flexibility index (Phi) is 7.71. The summed E-state index contributed by atoms with van der Waals surface area (Å²) in [5.41, 5.74) is 4.26. The van der Waals surface area contributed by atoms with Crippen molar-refractivity contribution in [2.24, 2.45) is 0 Å². The second-order valence-corrected chi connectivity index (χ2v) is 9.58. The lowest BCUT2D eigenvalue weighted by molar-refractivity contribution is -0.134. The molecule has 1 atom stereocenters. The summed E-state index contributed by atoms with van der Waals surface area (Å²) in [5, 5.41) is 3.76. The Morgan fingerprint density at radius 2 is 1.65 bits per heavy atom. The lowest BCUT2D eigenvalue weighted by Gasteiger charge is -2.33. The molecule has 1 aliphatic rings. The van der Waals surface area contributed by atoms with Crippen LogP contribution < -0.4 is 10.1 Å². The predicted octanol–water partition coefficient (Wildman–Crippen LogP) is 6.67. The second-order valence-electron chi connectivity index (χ2n) is 9.17. The summed E-state index contributed by atoms with van der Waals surface area (Å²) in [5.74, 6) is 0.0847. The van der Waals surface area contributed by atoms with Crippen molar-refractivity contribution < 1.29 is 13.9 Å². The Morgan fingerprint density at radius 1 is 0.919 bits per heavy atom. The molecule has 4 aromatic rings. The number of carbonyl (C=O) groups is 1. The molecule has 0 fully saturated rings. The number of rotatable bonds is 4. The van der Waals surface area contributed by atoms with Gasteiger partial charge in [0, 0.05) is 34.9 Å². The first-order valence-corrected chi connectivity index (χ1v) is 12.7. The Balaban J connectivity index is 1.56. The van der Waals surface area contributed by atoms with Crippen LogP contribution in [0.3, 0.4) is 0 Å². The normalized spacial score (nSPS) is 15.4. The predicted molar refractivity (Wildman–Crippen MR) is 145 cm³/mol. The van der Waals surface area contributed by atoms with E-state index in [4.69, 9.17) is 16.3 Å². The van der Waals surface area contributed by atoms with E-state index in [0.717, 1.165) is 28.1 Å². The zero-order valence-corrected chi connectivity index (χ0v) is 21.1. The van der Waals surface area contributed by atoms with Gasteiger partial charge in [-0.25, -0.2) is 4.39 Å². The zero-order chi connectivity index (χ0) is 25.6. The molecule has 0 saturated carbocycles. The van der Waals surface area contributed by atoms with Crippen molar-refractivity contribution in [2.75, 3.05) is 11.9 Å². The van der Waals surface area contributed by atoms with Crippen LogP contribution in [-0.2, 0) is 30.7 Å². The summed E-state index contributed by atoms with van der Waals surface area (Å²) in [4.78, 5) is 15.7. The van der Waals surface area contributed by atoms with Crippen LogP contribution >= 0.6 is 11.6 Å². The van der Waals surface area contributed by atoms with Gasteiger partial charge < -0.3 is 15.0 Å². The lowest BCUT2D eigenvalue weighted by atomic mass is 10.0. The number of hydrogen-bond acceptors (Lipinski definition) is 3. The molecule has 1 amide bonds. The maximum Gasteiger partial charge on any atom is 0.227 e. The van der Waals surface area contributed by atoms with Crippen LogP contribution in [0.4, 0.5) is 10.1 Å². The molecule has 4 aromatic carbocycles. The topological polar surface area (TPSA) is 41.6 Å². The van der Waals surface area contributed by atoms with Crippen LogP contribution in [-0.4, -0.2) is 23.5 Å². The van der Waals surface area contributed by atoms with Gasteiger partial charge in [0.15, 0.2) is 0 Å². The van der Waals surface area contributed by atoms with Gasteiger partial charge in [-0.1, -0.05) is 84.4 Å². The molecular weight excluding hydrogens is 487 g/mol. The summed E-state index contributed by atoms with van der Waals surface area (Å²) in [6.07, 6.45) is 0.457. The first kappa shape index (κ1) is 24.8. The molecule has 0 radical (unpaired) electrons. The summed E-state index contributed by atoms with van der Waals surface area (Å²) >= 11 is 6.30. The largest absolute Gasteiger partial charge is 0.491 e. The minimum Gasteiger partial charge on any atom is -0.491 e. The maximum absolute atomic E-state index is 14.7. The van der Waals surface area contributed by atoms with Crippen molar-refractivity contribution in [2.45, 2.75) is 32.0 Å².